The number of ether oxygens (including phenoxy) is 1. The molecular weight excluding hydrogens is 412 g/mol. The van der Waals surface area contributed by atoms with Crippen molar-refractivity contribution in [3.05, 3.63) is 48.2 Å². The van der Waals surface area contributed by atoms with Crippen LogP contribution < -0.4 is 10.6 Å². The maximum atomic E-state index is 12.8. The molecule has 0 unspecified atom stereocenters. The average molecular weight is 445 g/mol. The maximum absolute atomic E-state index is 12.8. The van der Waals surface area contributed by atoms with Crippen LogP contribution in [0.4, 0.5) is 4.79 Å². The van der Waals surface area contributed by atoms with Crippen molar-refractivity contribution in [3.63, 3.8) is 0 Å². The fourth-order valence-electron chi connectivity index (χ4n) is 3.11. The van der Waals surface area contributed by atoms with Gasteiger partial charge in [0.2, 0.25) is 5.91 Å². The Morgan fingerprint density at radius 1 is 1.03 bits per heavy atom. The molecule has 2 aromatic rings. The van der Waals surface area contributed by atoms with Crippen molar-refractivity contribution < 1.29 is 28.6 Å². The van der Waals surface area contributed by atoms with Gasteiger partial charge in [0.15, 0.2) is 0 Å². The van der Waals surface area contributed by atoms with E-state index in [2.05, 4.69) is 10.6 Å². The molecule has 3 N–H and O–H groups in total. The number of rotatable bonds is 9. The molecule has 0 aliphatic rings. The fourth-order valence-corrected chi connectivity index (χ4v) is 3.11. The number of carbonyl (C=O) groups excluding carboxylic acids is 2. The highest BCUT2D eigenvalue weighted by Gasteiger charge is 2.29. The van der Waals surface area contributed by atoms with Gasteiger partial charge in [-0.1, -0.05) is 38.1 Å². The van der Waals surface area contributed by atoms with Gasteiger partial charge in [-0.2, -0.15) is 0 Å². The van der Waals surface area contributed by atoms with Gasteiger partial charge in [-0.05, 0) is 50.8 Å². The summed E-state index contributed by atoms with van der Waals surface area (Å²) in [6.07, 6.45) is 1.30. The van der Waals surface area contributed by atoms with Crippen molar-refractivity contribution >= 4 is 18.0 Å². The smallest absolute Gasteiger partial charge is 0.408 e. The molecule has 0 aliphatic heterocycles. The second-order valence-electron chi connectivity index (χ2n) is 9.11. The lowest BCUT2D eigenvalue weighted by Gasteiger charge is -2.25. The molecule has 32 heavy (non-hydrogen) atoms. The van der Waals surface area contributed by atoms with Gasteiger partial charge in [0, 0.05) is 12.0 Å². The minimum atomic E-state index is -1.16. The molecule has 0 radical (unpaired) electrons. The van der Waals surface area contributed by atoms with Gasteiger partial charge >= 0.3 is 12.1 Å². The number of carbonyl (C=O) groups is 3. The minimum absolute atomic E-state index is 0.0955. The first kappa shape index (κ1) is 25.0. The van der Waals surface area contributed by atoms with Crippen LogP contribution in [0.25, 0.3) is 11.3 Å². The monoisotopic (exact) mass is 444 g/mol. The van der Waals surface area contributed by atoms with Crippen molar-refractivity contribution in [1.82, 2.24) is 10.6 Å². The lowest BCUT2D eigenvalue weighted by molar-refractivity contribution is -0.142. The topological polar surface area (TPSA) is 118 Å². The number of amides is 2. The number of alkyl carbamates (subject to hydrolysis) is 1. The summed E-state index contributed by atoms with van der Waals surface area (Å²) in [5, 5.41) is 14.8. The Labute approximate surface area is 188 Å². The highest BCUT2D eigenvalue weighted by Crippen LogP contribution is 2.20. The molecule has 0 aliphatic carbocycles. The van der Waals surface area contributed by atoms with E-state index in [1.165, 1.54) is 0 Å². The Bertz CT molecular complexity index is 898. The molecule has 1 heterocycles. The van der Waals surface area contributed by atoms with Crippen LogP contribution in [0, 0.1) is 5.92 Å². The third kappa shape index (κ3) is 8.09. The van der Waals surface area contributed by atoms with Crippen molar-refractivity contribution in [2.24, 2.45) is 5.92 Å². The molecule has 0 fully saturated rings. The Morgan fingerprint density at radius 2 is 1.69 bits per heavy atom. The zero-order valence-corrected chi connectivity index (χ0v) is 19.2. The van der Waals surface area contributed by atoms with Gasteiger partial charge in [-0.3, -0.25) is 4.79 Å². The van der Waals surface area contributed by atoms with Crippen molar-refractivity contribution in [3.8, 4) is 11.3 Å². The predicted octanol–water partition coefficient (Wildman–Crippen LogP) is 4.00. The maximum Gasteiger partial charge on any atom is 0.408 e. The third-order valence-corrected chi connectivity index (χ3v) is 4.53. The van der Waals surface area contributed by atoms with E-state index in [0.29, 0.717) is 12.2 Å². The summed E-state index contributed by atoms with van der Waals surface area (Å²) < 4.78 is 10.6. The van der Waals surface area contributed by atoms with E-state index < -0.39 is 35.7 Å². The lowest BCUT2D eigenvalue weighted by Crippen LogP contribution is -2.53. The van der Waals surface area contributed by atoms with Crippen LogP contribution in [0.15, 0.2) is 47.1 Å². The van der Waals surface area contributed by atoms with Crippen molar-refractivity contribution in [1.29, 1.82) is 0 Å². The normalized spacial score (nSPS) is 13.3. The quantitative estimate of drug-likeness (QED) is 0.538. The molecule has 8 nitrogen and oxygen atoms in total. The number of nitrogens with one attached hydrogen (secondary N) is 2. The number of carboxylic acid groups (broad SMARTS) is 1. The first-order chi connectivity index (χ1) is 14.9. The zero-order chi connectivity index (χ0) is 23.9. The molecule has 0 spiro atoms. The van der Waals surface area contributed by atoms with Gasteiger partial charge in [0.1, 0.15) is 23.4 Å². The summed E-state index contributed by atoms with van der Waals surface area (Å²) in [6.45, 7) is 8.99. The number of benzene rings is 1. The number of aliphatic carboxylic acids is 1. The van der Waals surface area contributed by atoms with Crippen molar-refractivity contribution in [2.45, 2.75) is 65.1 Å². The van der Waals surface area contributed by atoms with Crippen molar-refractivity contribution in [2.75, 3.05) is 0 Å². The van der Waals surface area contributed by atoms with Gasteiger partial charge in [-0.15, -0.1) is 0 Å². The van der Waals surface area contributed by atoms with Crippen LogP contribution >= 0.6 is 0 Å². The first-order valence-electron chi connectivity index (χ1n) is 10.6. The molecule has 0 bridgehead atoms. The SMILES string of the molecule is CC(C)C[C@H](NC(=O)OC(C)(C)C)C(=O)N[C@@H](Cc1ccc(-c2ccco2)cc1)C(=O)O. The number of carboxylic acids is 1. The van der Waals surface area contributed by atoms with Crippen LogP contribution in [-0.4, -0.2) is 40.8 Å². The lowest BCUT2D eigenvalue weighted by atomic mass is 10.0. The van der Waals surface area contributed by atoms with Crippen LogP contribution in [0.5, 0.6) is 0 Å². The fraction of sp³-hybridized carbons (Fsp3) is 0.458. The van der Waals surface area contributed by atoms with Gasteiger partial charge < -0.3 is 24.9 Å². The summed E-state index contributed by atoms with van der Waals surface area (Å²) in [5.74, 6) is -0.916. The standard InChI is InChI=1S/C24H32N2O6/c1-15(2)13-18(26-23(30)32-24(3,4)5)21(27)25-19(22(28)29)14-16-8-10-17(11-9-16)20-7-6-12-31-20/h6-12,15,18-19H,13-14H2,1-5H3,(H,25,27)(H,26,30)(H,28,29)/t18-,19-/m0/s1. The molecule has 2 rings (SSSR count). The van der Waals surface area contributed by atoms with E-state index in [1.54, 1.807) is 45.2 Å². The first-order valence-corrected chi connectivity index (χ1v) is 10.6. The highest BCUT2D eigenvalue weighted by atomic mass is 16.6. The largest absolute Gasteiger partial charge is 0.480 e. The number of hydrogen-bond donors (Lipinski definition) is 3. The van der Waals surface area contributed by atoms with Gasteiger partial charge in [0.25, 0.3) is 0 Å². The van der Waals surface area contributed by atoms with Gasteiger partial charge in [-0.25, -0.2) is 9.59 Å². The molecule has 1 aromatic carbocycles. The van der Waals surface area contributed by atoms with E-state index in [4.69, 9.17) is 9.15 Å². The molecule has 1 aromatic heterocycles. The van der Waals surface area contributed by atoms with Crippen LogP contribution in [0.2, 0.25) is 0 Å². The molecule has 174 valence electrons. The van der Waals surface area contributed by atoms with Crippen LogP contribution in [-0.2, 0) is 20.7 Å². The zero-order valence-electron chi connectivity index (χ0n) is 19.2. The minimum Gasteiger partial charge on any atom is -0.480 e. The molecule has 0 saturated carbocycles. The Morgan fingerprint density at radius 3 is 2.19 bits per heavy atom. The summed E-state index contributed by atoms with van der Waals surface area (Å²) >= 11 is 0. The second kappa shape index (κ2) is 10.8. The summed E-state index contributed by atoms with van der Waals surface area (Å²) in [5.41, 5.74) is 0.899. The molecule has 8 heteroatoms. The predicted molar refractivity (Wildman–Crippen MR) is 120 cm³/mol. The van der Waals surface area contributed by atoms with E-state index in [1.807, 2.05) is 32.0 Å². The Kier molecular flexibility index (Phi) is 8.46. The van der Waals surface area contributed by atoms with E-state index >= 15 is 0 Å². The highest BCUT2D eigenvalue weighted by molar-refractivity contribution is 5.89. The molecule has 0 saturated heterocycles. The summed E-state index contributed by atoms with van der Waals surface area (Å²) in [7, 11) is 0. The molecule has 2 amide bonds. The molecular formula is C24H32N2O6. The van der Waals surface area contributed by atoms with E-state index in [-0.39, 0.29) is 12.3 Å². The van der Waals surface area contributed by atoms with Crippen LogP contribution in [0.1, 0.15) is 46.6 Å². The second-order valence-corrected chi connectivity index (χ2v) is 9.11. The number of hydrogen-bond acceptors (Lipinski definition) is 5. The summed E-state index contributed by atoms with van der Waals surface area (Å²) in [4.78, 5) is 36.8. The Hall–Kier alpha value is -3.29. The van der Waals surface area contributed by atoms with Gasteiger partial charge in [0.05, 0.1) is 6.26 Å². The van der Waals surface area contributed by atoms with Crippen LogP contribution in [0.3, 0.4) is 0 Å². The Balaban J connectivity index is 2.07. The summed E-state index contributed by atoms with van der Waals surface area (Å²) in [6, 6.07) is 8.83. The van der Waals surface area contributed by atoms with E-state index in [0.717, 1.165) is 11.1 Å². The van der Waals surface area contributed by atoms with E-state index in [9.17, 15) is 19.5 Å². The average Bonchev–Trinajstić information content (AvgIpc) is 3.20. The number of furan rings is 1. The molecule has 2 atom stereocenters. The third-order valence-electron chi connectivity index (χ3n) is 4.53.